The predicted molar refractivity (Wildman–Crippen MR) is 75.9 cm³/mol. The molecule has 0 aliphatic heterocycles. The Morgan fingerprint density at radius 1 is 1.47 bits per heavy atom. The zero-order valence-electron chi connectivity index (χ0n) is 9.88. The van der Waals surface area contributed by atoms with Crippen molar-refractivity contribution < 1.29 is 4.39 Å². The van der Waals surface area contributed by atoms with Gasteiger partial charge in [-0.2, -0.15) is 11.8 Å². The van der Waals surface area contributed by atoms with Crippen molar-refractivity contribution in [3.05, 3.63) is 34.1 Å². The van der Waals surface area contributed by atoms with E-state index in [1.165, 1.54) is 19.3 Å². The van der Waals surface area contributed by atoms with Crippen LogP contribution in [0.25, 0.3) is 0 Å². The summed E-state index contributed by atoms with van der Waals surface area (Å²) in [5.41, 5.74) is 1.01. The second-order valence-corrected chi connectivity index (χ2v) is 6.37. The molecule has 1 nitrogen and oxygen atoms in total. The summed E-state index contributed by atoms with van der Waals surface area (Å²) in [6.07, 6.45) is 6.01. The standard InChI is InChI=1S/C13H17BrFNS/c1-17-13-4-2-3-12(13)16-8-9-5-6-10(14)11(15)7-9/h5-7,12-13,16H,2-4,8H2,1H3. The van der Waals surface area contributed by atoms with Crippen molar-refractivity contribution in [3.8, 4) is 0 Å². The Labute approximate surface area is 115 Å². The Morgan fingerprint density at radius 3 is 3.00 bits per heavy atom. The summed E-state index contributed by atoms with van der Waals surface area (Å²) in [5, 5.41) is 4.26. The fourth-order valence-corrected chi connectivity index (χ4v) is 3.55. The molecular weight excluding hydrogens is 301 g/mol. The minimum atomic E-state index is -0.183. The number of rotatable bonds is 4. The van der Waals surface area contributed by atoms with E-state index in [1.807, 2.05) is 17.8 Å². The first-order valence-corrected chi connectivity index (χ1v) is 7.99. The zero-order valence-corrected chi connectivity index (χ0v) is 12.3. The first-order valence-electron chi connectivity index (χ1n) is 5.91. The molecule has 2 atom stereocenters. The van der Waals surface area contributed by atoms with Crippen molar-refractivity contribution in [2.45, 2.75) is 37.1 Å². The van der Waals surface area contributed by atoms with E-state index in [2.05, 4.69) is 27.5 Å². The van der Waals surface area contributed by atoms with Gasteiger partial charge in [-0.05, 0) is 52.7 Å². The Balaban J connectivity index is 1.91. The van der Waals surface area contributed by atoms with E-state index in [9.17, 15) is 4.39 Å². The van der Waals surface area contributed by atoms with E-state index in [0.29, 0.717) is 10.5 Å². The molecule has 1 fully saturated rings. The summed E-state index contributed by atoms with van der Waals surface area (Å²) < 4.78 is 13.9. The number of hydrogen-bond acceptors (Lipinski definition) is 2. The number of benzene rings is 1. The lowest BCUT2D eigenvalue weighted by molar-refractivity contribution is 0.530. The van der Waals surface area contributed by atoms with E-state index in [1.54, 1.807) is 12.1 Å². The summed E-state index contributed by atoms with van der Waals surface area (Å²) in [6, 6.07) is 5.91. The van der Waals surface area contributed by atoms with Crippen molar-refractivity contribution in [1.29, 1.82) is 0 Å². The topological polar surface area (TPSA) is 12.0 Å². The van der Waals surface area contributed by atoms with Crippen molar-refractivity contribution in [2.24, 2.45) is 0 Å². The average molecular weight is 318 g/mol. The molecule has 17 heavy (non-hydrogen) atoms. The fraction of sp³-hybridized carbons (Fsp3) is 0.538. The third kappa shape index (κ3) is 3.46. The zero-order chi connectivity index (χ0) is 12.3. The second-order valence-electron chi connectivity index (χ2n) is 4.44. The molecule has 1 aliphatic carbocycles. The Hall–Kier alpha value is -0.0600. The molecule has 0 saturated heterocycles. The first-order chi connectivity index (χ1) is 8.20. The second kappa shape index (κ2) is 6.21. The average Bonchev–Trinajstić information content (AvgIpc) is 2.78. The first kappa shape index (κ1) is 13.4. The van der Waals surface area contributed by atoms with Crippen molar-refractivity contribution in [1.82, 2.24) is 5.32 Å². The number of halogens is 2. The quantitative estimate of drug-likeness (QED) is 0.902. The van der Waals surface area contributed by atoms with Crippen LogP contribution < -0.4 is 5.32 Å². The van der Waals surface area contributed by atoms with Gasteiger partial charge in [0.05, 0.1) is 4.47 Å². The van der Waals surface area contributed by atoms with Gasteiger partial charge in [0.15, 0.2) is 0 Å². The third-order valence-corrected chi connectivity index (χ3v) is 5.12. The summed E-state index contributed by atoms with van der Waals surface area (Å²) in [6.45, 7) is 0.756. The summed E-state index contributed by atoms with van der Waals surface area (Å²) in [5.74, 6) is -0.183. The molecule has 1 aliphatic rings. The fourth-order valence-electron chi connectivity index (χ4n) is 2.34. The van der Waals surface area contributed by atoms with Gasteiger partial charge in [-0.3, -0.25) is 0 Å². The SMILES string of the molecule is CSC1CCCC1NCc1ccc(Br)c(F)c1. The van der Waals surface area contributed by atoms with Crippen LogP contribution >= 0.6 is 27.7 Å². The van der Waals surface area contributed by atoms with Crippen LogP contribution in [0.2, 0.25) is 0 Å². The van der Waals surface area contributed by atoms with Crippen molar-refractivity contribution in [2.75, 3.05) is 6.26 Å². The van der Waals surface area contributed by atoms with Gasteiger partial charge in [0.25, 0.3) is 0 Å². The minimum Gasteiger partial charge on any atom is -0.309 e. The monoisotopic (exact) mass is 317 g/mol. The molecule has 0 amide bonds. The van der Waals surface area contributed by atoms with Gasteiger partial charge in [0.1, 0.15) is 5.82 Å². The van der Waals surface area contributed by atoms with Gasteiger partial charge in [-0.15, -0.1) is 0 Å². The highest BCUT2D eigenvalue weighted by atomic mass is 79.9. The lowest BCUT2D eigenvalue weighted by atomic mass is 10.2. The molecule has 0 heterocycles. The van der Waals surface area contributed by atoms with Crippen molar-refractivity contribution in [3.63, 3.8) is 0 Å². The molecule has 1 saturated carbocycles. The van der Waals surface area contributed by atoms with E-state index < -0.39 is 0 Å². The maximum absolute atomic E-state index is 13.3. The van der Waals surface area contributed by atoms with E-state index in [4.69, 9.17) is 0 Å². The number of hydrogen-bond donors (Lipinski definition) is 1. The van der Waals surface area contributed by atoms with Crippen LogP contribution in [0, 0.1) is 5.82 Å². The maximum atomic E-state index is 13.3. The number of nitrogens with one attached hydrogen (secondary N) is 1. The lowest BCUT2D eigenvalue weighted by Crippen LogP contribution is -2.33. The molecule has 2 rings (SSSR count). The van der Waals surface area contributed by atoms with Crippen LogP contribution in [0.3, 0.4) is 0 Å². The van der Waals surface area contributed by atoms with Crippen LogP contribution in [-0.4, -0.2) is 17.5 Å². The van der Waals surface area contributed by atoms with Gasteiger partial charge in [-0.25, -0.2) is 4.39 Å². The van der Waals surface area contributed by atoms with E-state index in [-0.39, 0.29) is 5.82 Å². The maximum Gasteiger partial charge on any atom is 0.137 e. The molecule has 4 heteroatoms. The van der Waals surface area contributed by atoms with Crippen LogP contribution in [0.4, 0.5) is 4.39 Å². The number of thioether (sulfide) groups is 1. The van der Waals surface area contributed by atoms with Gasteiger partial charge in [0, 0.05) is 17.8 Å². The molecule has 0 bridgehead atoms. The summed E-state index contributed by atoms with van der Waals surface area (Å²) >= 11 is 5.11. The van der Waals surface area contributed by atoms with Crippen LogP contribution in [0.5, 0.6) is 0 Å². The van der Waals surface area contributed by atoms with Gasteiger partial charge in [-0.1, -0.05) is 12.5 Å². The molecular formula is C13H17BrFNS. The van der Waals surface area contributed by atoms with E-state index in [0.717, 1.165) is 17.4 Å². The van der Waals surface area contributed by atoms with Crippen LogP contribution in [-0.2, 0) is 6.54 Å². The smallest absolute Gasteiger partial charge is 0.137 e. The normalized spacial score (nSPS) is 24.2. The van der Waals surface area contributed by atoms with E-state index >= 15 is 0 Å². The molecule has 2 unspecified atom stereocenters. The molecule has 0 spiro atoms. The molecule has 1 N–H and O–H groups in total. The predicted octanol–water partition coefficient (Wildman–Crippen LogP) is 3.96. The highest BCUT2D eigenvalue weighted by Crippen LogP contribution is 2.28. The van der Waals surface area contributed by atoms with Crippen LogP contribution in [0.15, 0.2) is 22.7 Å². The van der Waals surface area contributed by atoms with Gasteiger partial charge in [0.2, 0.25) is 0 Å². The Bertz CT molecular complexity index is 386. The Kier molecular flexibility index (Phi) is 4.88. The molecule has 1 aromatic rings. The van der Waals surface area contributed by atoms with Crippen LogP contribution in [0.1, 0.15) is 24.8 Å². The minimum absolute atomic E-state index is 0.183. The summed E-state index contributed by atoms with van der Waals surface area (Å²) in [4.78, 5) is 0. The molecule has 0 aromatic heterocycles. The summed E-state index contributed by atoms with van der Waals surface area (Å²) in [7, 11) is 0. The highest BCUT2D eigenvalue weighted by Gasteiger charge is 2.25. The molecule has 94 valence electrons. The highest BCUT2D eigenvalue weighted by molar-refractivity contribution is 9.10. The van der Waals surface area contributed by atoms with Gasteiger partial charge < -0.3 is 5.32 Å². The largest absolute Gasteiger partial charge is 0.309 e. The molecule has 0 radical (unpaired) electrons. The van der Waals surface area contributed by atoms with Gasteiger partial charge >= 0.3 is 0 Å². The molecule has 1 aromatic carbocycles. The third-order valence-electron chi connectivity index (χ3n) is 3.31. The van der Waals surface area contributed by atoms with Crippen molar-refractivity contribution >= 4 is 27.7 Å². The lowest BCUT2D eigenvalue weighted by Gasteiger charge is -2.19. The Morgan fingerprint density at radius 2 is 2.29 bits per heavy atom.